The van der Waals surface area contributed by atoms with Gasteiger partial charge in [0.25, 0.3) is 0 Å². The molecule has 7 aromatic rings. The van der Waals surface area contributed by atoms with Crippen molar-refractivity contribution in [2.24, 2.45) is 0 Å². The first-order valence-corrected chi connectivity index (χ1v) is 16.3. The molecule has 0 amide bonds. The Morgan fingerprint density at radius 2 is 1.02 bits per heavy atom. The lowest BCUT2D eigenvalue weighted by Crippen LogP contribution is -2.38. The second-order valence-electron chi connectivity index (χ2n) is 13.4. The highest BCUT2D eigenvalue weighted by Gasteiger charge is 2.47. The smallest absolute Gasteiger partial charge is 0.0558 e. The van der Waals surface area contributed by atoms with Gasteiger partial charge in [-0.05, 0) is 75.3 Å². The number of thiophene rings is 1. The Kier molecular flexibility index (Phi) is 5.24. The first-order valence-electron chi connectivity index (χ1n) is 15.5. The van der Waals surface area contributed by atoms with Gasteiger partial charge in [-0.25, -0.2) is 0 Å². The van der Waals surface area contributed by atoms with E-state index in [2.05, 4.69) is 160 Å². The lowest BCUT2D eigenvalue weighted by atomic mass is 9.65. The Balaban J connectivity index is 1.41. The molecule has 2 aliphatic rings. The molecule has 2 heteroatoms. The van der Waals surface area contributed by atoms with Gasteiger partial charge in [0.05, 0.1) is 17.1 Å². The van der Waals surface area contributed by atoms with Crippen molar-refractivity contribution in [1.29, 1.82) is 0 Å². The zero-order valence-corrected chi connectivity index (χ0v) is 26.3. The Morgan fingerprint density at radius 3 is 1.64 bits per heavy atom. The summed E-state index contributed by atoms with van der Waals surface area (Å²) >= 11 is 1.95. The van der Waals surface area contributed by atoms with Crippen LogP contribution in [0.1, 0.15) is 49.9 Å². The standard InChI is InChI=1S/C42H33NS/c1-41(2)32-23-28(26-13-7-5-8-14-26)19-21-35(32)43-36-22-20-29(27-15-9-6-10-16-27)24-33(36)42(3,4)38-39(43)34(41)25-31-30-17-11-12-18-37(30)44-40(31)38/h5-25H,1-4H3. The highest BCUT2D eigenvalue weighted by molar-refractivity contribution is 7.26. The fourth-order valence-corrected chi connectivity index (χ4v) is 9.26. The van der Waals surface area contributed by atoms with Gasteiger partial charge in [-0.15, -0.1) is 11.3 Å². The van der Waals surface area contributed by atoms with Crippen LogP contribution >= 0.6 is 11.3 Å². The van der Waals surface area contributed by atoms with Gasteiger partial charge < -0.3 is 4.90 Å². The quantitative estimate of drug-likeness (QED) is 0.196. The van der Waals surface area contributed by atoms with E-state index in [4.69, 9.17) is 0 Å². The lowest BCUT2D eigenvalue weighted by molar-refractivity contribution is 0.603. The highest BCUT2D eigenvalue weighted by Crippen LogP contribution is 2.63. The maximum Gasteiger partial charge on any atom is 0.0558 e. The number of nitrogens with zero attached hydrogens (tertiary/aromatic N) is 1. The summed E-state index contributed by atoms with van der Waals surface area (Å²) in [5, 5.41) is 2.74. The van der Waals surface area contributed by atoms with Crippen LogP contribution in [0, 0.1) is 0 Å². The minimum atomic E-state index is -0.196. The molecule has 2 aliphatic heterocycles. The van der Waals surface area contributed by atoms with Gasteiger partial charge in [0, 0.05) is 36.6 Å². The highest BCUT2D eigenvalue weighted by atomic mass is 32.1. The van der Waals surface area contributed by atoms with Crippen molar-refractivity contribution in [3.05, 3.63) is 150 Å². The maximum atomic E-state index is 2.60. The molecule has 44 heavy (non-hydrogen) atoms. The molecule has 9 rings (SSSR count). The van der Waals surface area contributed by atoms with E-state index in [1.165, 1.54) is 81.7 Å². The van der Waals surface area contributed by atoms with E-state index in [0.29, 0.717) is 0 Å². The normalized spacial score (nSPS) is 15.6. The molecule has 0 saturated heterocycles. The van der Waals surface area contributed by atoms with Gasteiger partial charge in [-0.2, -0.15) is 0 Å². The molecule has 0 bridgehead atoms. The Bertz CT molecular complexity index is 2260. The third-order valence-electron chi connectivity index (χ3n) is 10.2. The van der Waals surface area contributed by atoms with Crippen molar-refractivity contribution in [3.63, 3.8) is 0 Å². The molecular weight excluding hydrogens is 551 g/mol. The maximum absolute atomic E-state index is 2.60. The predicted octanol–water partition coefficient (Wildman–Crippen LogP) is 12.1. The summed E-state index contributed by atoms with van der Waals surface area (Å²) in [6, 6.07) is 47.3. The molecule has 0 spiro atoms. The van der Waals surface area contributed by atoms with Crippen LogP contribution in [0.4, 0.5) is 17.1 Å². The Morgan fingerprint density at radius 1 is 0.477 bits per heavy atom. The predicted molar refractivity (Wildman–Crippen MR) is 189 cm³/mol. The zero-order chi connectivity index (χ0) is 29.8. The van der Waals surface area contributed by atoms with E-state index in [1.807, 2.05) is 11.3 Å². The average Bonchev–Trinajstić information content (AvgIpc) is 3.43. The van der Waals surface area contributed by atoms with Crippen molar-refractivity contribution in [1.82, 2.24) is 0 Å². The summed E-state index contributed by atoms with van der Waals surface area (Å²) < 4.78 is 2.77. The second kappa shape index (κ2) is 8.94. The first-order chi connectivity index (χ1) is 21.3. The van der Waals surface area contributed by atoms with Crippen LogP contribution in [-0.4, -0.2) is 0 Å². The van der Waals surface area contributed by atoms with E-state index in [0.717, 1.165) is 0 Å². The van der Waals surface area contributed by atoms with Crippen molar-refractivity contribution < 1.29 is 0 Å². The van der Waals surface area contributed by atoms with Gasteiger partial charge >= 0.3 is 0 Å². The fraction of sp³-hybridized carbons (Fsp3) is 0.143. The first kappa shape index (κ1) is 25.8. The number of anilines is 3. The Labute approximate surface area is 263 Å². The van der Waals surface area contributed by atoms with Crippen LogP contribution in [0.2, 0.25) is 0 Å². The van der Waals surface area contributed by atoms with Crippen molar-refractivity contribution in [2.45, 2.75) is 38.5 Å². The molecule has 1 nitrogen and oxygen atoms in total. The van der Waals surface area contributed by atoms with Gasteiger partial charge in [-0.1, -0.05) is 119 Å². The summed E-state index contributed by atoms with van der Waals surface area (Å²) in [4.78, 5) is 2.60. The molecule has 0 N–H and O–H groups in total. The van der Waals surface area contributed by atoms with E-state index in [1.54, 1.807) is 0 Å². The van der Waals surface area contributed by atoms with Gasteiger partial charge in [-0.3, -0.25) is 0 Å². The van der Waals surface area contributed by atoms with E-state index in [-0.39, 0.29) is 10.8 Å². The minimum absolute atomic E-state index is 0.185. The largest absolute Gasteiger partial charge is 0.309 e. The van der Waals surface area contributed by atoms with Crippen LogP contribution in [0.3, 0.4) is 0 Å². The van der Waals surface area contributed by atoms with Crippen LogP contribution in [0.25, 0.3) is 42.4 Å². The van der Waals surface area contributed by atoms with Crippen molar-refractivity contribution in [2.75, 3.05) is 4.90 Å². The number of hydrogen-bond acceptors (Lipinski definition) is 2. The molecule has 0 fully saturated rings. The lowest BCUT2D eigenvalue weighted by Gasteiger charge is -2.50. The van der Waals surface area contributed by atoms with Crippen LogP contribution < -0.4 is 4.90 Å². The minimum Gasteiger partial charge on any atom is -0.309 e. The third kappa shape index (κ3) is 3.41. The Hall–Kier alpha value is -4.66. The summed E-state index contributed by atoms with van der Waals surface area (Å²) in [6.45, 7) is 9.74. The van der Waals surface area contributed by atoms with Gasteiger partial charge in [0.15, 0.2) is 0 Å². The third-order valence-corrected chi connectivity index (χ3v) is 11.4. The number of hydrogen-bond donors (Lipinski definition) is 0. The molecule has 0 aliphatic carbocycles. The topological polar surface area (TPSA) is 3.24 Å². The molecule has 212 valence electrons. The molecule has 3 heterocycles. The summed E-state index contributed by atoms with van der Waals surface area (Å²) in [5.41, 5.74) is 14.2. The van der Waals surface area contributed by atoms with Crippen LogP contribution in [0.5, 0.6) is 0 Å². The number of benzene rings is 6. The molecular formula is C42H33NS. The molecule has 0 radical (unpaired) electrons. The SMILES string of the molecule is CC1(C)c2cc(-c3ccccc3)ccc2N2c3ccc(-c4ccccc4)cc3C(C)(C)c3c2c1cc1c3sc2ccccc21. The van der Waals surface area contributed by atoms with Gasteiger partial charge in [0.1, 0.15) is 0 Å². The van der Waals surface area contributed by atoms with Crippen LogP contribution in [0.15, 0.2) is 127 Å². The molecule has 0 saturated carbocycles. The fourth-order valence-electron chi connectivity index (χ4n) is 7.87. The summed E-state index contributed by atoms with van der Waals surface area (Å²) in [7, 11) is 0. The molecule has 0 unspecified atom stereocenters. The van der Waals surface area contributed by atoms with Crippen molar-refractivity contribution in [3.8, 4) is 22.3 Å². The zero-order valence-electron chi connectivity index (χ0n) is 25.5. The number of fused-ring (bicyclic) bond motifs is 8. The monoisotopic (exact) mass is 583 g/mol. The van der Waals surface area contributed by atoms with Gasteiger partial charge in [0.2, 0.25) is 0 Å². The average molecular weight is 584 g/mol. The molecule has 0 atom stereocenters. The molecule has 6 aromatic carbocycles. The van der Waals surface area contributed by atoms with E-state index < -0.39 is 0 Å². The van der Waals surface area contributed by atoms with Crippen LogP contribution in [-0.2, 0) is 10.8 Å². The van der Waals surface area contributed by atoms with E-state index in [9.17, 15) is 0 Å². The second-order valence-corrected chi connectivity index (χ2v) is 14.5. The van der Waals surface area contributed by atoms with Crippen molar-refractivity contribution >= 4 is 48.6 Å². The summed E-state index contributed by atoms with van der Waals surface area (Å²) in [5.74, 6) is 0. The molecule has 1 aromatic heterocycles. The van der Waals surface area contributed by atoms with E-state index >= 15 is 0 Å². The summed E-state index contributed by atoms with van der Waals surface area (Å²) in [6.07, 6.45) is 0. The number of rotatable bonds is 2.